The third-order valence-corrected chi connectivity index (χ3v) is 3.68. The molecule has 0 amide bonds. The van der Waals surface area contributed by atoms with E-state index in [0.717, 1.165) is 13.1 Å². The normalized spacial score (nSPS) is 32.2. The molecule has 0 radical (unpaired) electrons. The molecular weight excluding hydrogens is 204 g/mol. The molecule has 0 aromatic carbocycles. The smallest absolute Gasteiger partial charge is 0.169 e. The van der Waals surface area contributed by atoms with Crippen molar-refractivity contribution in [1.29, 1.82) is 0 Å². The van der Waals surface area contributed by atoms with Crippen LogP contribution in [-0.2, 0) is 9.47 Å². The van der Waals surface area contributed by atoms with Crippen molar-refractivity contribution in [2.45, 2.75) is 38.6 Å². The van der Waals surface area contributed by atoms with Crippen molar-refractivity contribution in [3.05, 3.63) is 0 Å². The zero-order chi connectivity index (χ0) is 12.1. The standard InChI is InChI=1S/C12H26N2O2/c1-9-8-14(3)10(2)6-11(9)13-7-12(15-4)16-5/h9-13H,6-8H2,1-5H3. The molecule has 16 heavy (non-hydrogen) atoms. The van der Waals surface area contributed by atoms with Gasteiger partial charge in [0.2, 0.25) is 0 Å². The minimum Gasteiger partial charge on any atom is -0.355 e. The third kappa shape index (κ3) is 3.70. The number of methoxy groups -OCH3 is 2. The zero-order valence-corrected chi connectivity index (χ0v) is 11.2. The highest BCUT2D eigenvalue weighted by atomic mass is 16.7. The molecule has 96 valence electrons. The minimum absolute atomic E-state index is 0.137. The van der Waals surface area contributed by atoms with Gasteiger partial charge in [-0.15, -0.1) is 0 Å². The van der Waals surface area contributed by atoms with Gasteiger partial charge in [0.1, 0.15) is 0 Å². The average Bonchev–Trinajstić information content (AvgIpc) is 2.26. The summed E-state index contributed by atoms with van der Waals surface area (Å²) >= 11 is 0. The highest BCUT2D eigenvalue weighted by molar-refractivity contribution is 4.86. The summed E-state index contributed by atoms with van der Waals surface area (Å²) in [5.41, 5.74) is 0. The van der Waals surface area contributed by atoms with Gasteiger partial charge in [0, 0.05) is 39.4 Å². The Morgan fingerprint density at radius 2 is 1.94 bits per heavy atom. The first kappa shape index (κ1) is 13.9. The summed E-state index contributed by atoms with van der Waals surface area (Å²) in [4.78, 5) is 2.42. The van der Waals surface area contributed by atoms with Crippen molar-refractivity contribution in [2.75, 3.05) is 34.4 Å². The molecule has 0 saturated carbocycles. The number of hydrogen-bond donors (Lipinski definition) is 1. The summed E-state index contributed by atoms with van der Waals surface area (Å²) in [6, 6.07) is 1.22. The monoisotopic (exact) mass is 230 g/mol. The quantitative estimate of drug-likeness (QED) is 0.712. The second-order valence-corrected chi connectivity index (χ2v) is 4.92. The van der Waals surface area contributed by atoms with Crippen molar-refractivity contribution >= 4 is 0 Å². The van der Waals surface area contributed by atoms with E-state index in [1.165, 1.54) is 6.42 Å². The van der Waals surface area contributed by atoms with Crippen molar-refractivity contribution in [3.63, 3.8) is 0 Å². The average molecular weight is 230 g/mol. The van der Waals surface area contributed by atoms with Gasteiger partial charge in [0.05, 0.1) is 0 Å². The van der Waals surface area contributed by atoms with Crippen LogP contribution in [0.4, 0.5) is 0 Å². The van der Waals surface area contributed by atoms with E-state index in [0.29, 0.717) is 18.0 Å². The molecule has 4 heteroatoms. The zero-order valence-electron chi connectivity index (χ0n) is 11.2. The van der Waals surface area contributed by atoms with E-state index in [2.05, 4.69) is 31.1 Å². The number of ether oxygens (including phenoxy) is 2. The van der Waals surface area contributed by atoms with Crippen LogP contribution in [0.5, 0.6) is 0 Å². The molecule has 3 unspecified atom stereocenters. The first-order valence-electron chi connectivity index (χ1n) is 6.07. The summed E-state index contributed by atoms with van der Waals surface area (Å²) in [5, 5.41) is 3.55. The predicted molar refractivity (Wildman–Crippen MR) is 65.5 cm³/mol. The highest BCUT2D eigenvalue weighted by Gasteiger charge is 2.28. The summed E-state index contributed by atoms with van der Waals surface area (Å²) in [5.74, 6) is 0.676. The fourth-order valence-corrected chi connectivity index (χ4v) is 2.34. The Kier molecular flexibility index (Phi) is 5.69. The molecule has 0 aromatic rings. The van der Waals surface area contributed by atoms with Crippen LogP contribution < -0.4 is 5.32 Å². The van der Waals surface area contributed by atoms with E-state index in [9.17, 15) is 0 Å². The maximum Gasteiger partial charge on any atom is 0.169 e. The van der Waals surface area contributed by atoms with Gasteiger partial charge in [-0.1, -0.05) is 6.92 Å². The predicted octanol–water partition coefficient (Wildman–Crippen LogP) is 0.924. The van der Waals surface area contributed by atoms with Crippen molar-refractivity contribution < 1.29 is 9.47 Å². The van der Waals surface area contributed by atoms with Gasteiger partial charge in [-0.25, -0.2) is 0 Å². The van der Waals surface area contributed by atoms with E-state index in [1.54, 1.807) is 14.2 Å². The second kappa shape index (κ2) is 6.55. The molecule has 1 saturated heterocycles. The number of piperidine rings is 1. The Hall–Kier alpha value is -0.160. The first-order valence-corrected chi connectivity index (χ1v) is 6.07. The topological polar surface area (TPSA) is 33.7 Å². The third-order valence-electron chi connectivity index (χ3n) is 3.68. The van der Waals surface area contributed by atoms with Crippen LogP contribution in [-0.4, -0.2) is 57.6 Å². The number of rotatable bonds is 5. The minimum atomic E-state index is -0.137. The highest BCUT2D eigenvalue weighted by Crippen LogP contribution is 2.20. The van der Waals surface area contributed by atoms with Crippen LogP contribution in [0.2, 0.25) is 0 Å². The van der Waals surface area contributed by atoms with Crippen LogP contribution in [0, 0.1) is 5.92 Å². The Labute approximate surface area is 99.3 Å². The molecule has 1 heterocycles. The maximum absolute atomic E-state index is 5.18. The number of likely N-dealkylation sites (tertiary alicyclic amines) is 1. The Morgan fingerprint density at radius 1 is 1.31 bits per heavy atom. The summed E-state index contributed by atoms with van der Waals surface area (Å²) < 4.78 is 10.4. The van der Waals surface area contributed by atoms with Gasteiger partial charge in [-0.05, 0) is 26.3 Å². The summed E-state index contributed by atoms with van der Waals surface area (Å²) in [6.45, 7) is 6.50. The van der Waals surface area contributed by atoms with E-state index < -0.39 is 0 Å². The van der Waals surface area contributed by atoms with Crippen molar-refractivity contribution in [2.24, 2.45) is 5.92 Å². The molecule has 0 spiro atoms. The summed E-state index contributed by atoms with van der Waals surface area (Å²) in [6.07, 6.45) is 1.06. The van der Waals surface area contributed by atoms with Gasteiger partial charge in [0.25, 0.3) is 0 Å². The van der Waals surface area contributed by atoms with Crippen LogP contribution in [0.3, 0.4) is 0 Å². The van der Waals surface area contributed by atoms with Gasteiger partial charge in [-0.3, -0.25) is 0 Å². The molecule has 1 fully saturated rings. The second-order valence-electron chi connectivity index (χ2n) is 4.92. The molecule has 0 aliphatic carbocycles. The fourth-order valence-electron chi connectivity index (χ4n) is 2.34. The number of nitrogens with zero attached hydrogens (tertiary/aromatic N) is 1. The molecule has 1 aliphatic heterocycles. The Morgan fingerprint density at radius 3 is 2.50 bits per heavy atom. The van der Waals surface area contributed by atoms with E-state index >= 15 is 0 Å². The molecule has 3 atom stereocenters. The van der Waals surface area contributed by atoms with Crippen LogP contribution >= 0.6 is 0 Å². The molecule has 1 rings (SSSR count). The van der Waals surface area contributed by atoms with Gasteiger partial charge < -0.3 is 19.7 Å². The first-order chi connectivity index (χ1) is 7.58. The fraction of sp³-hybridized carbons (Fsp3) is 1.00. The molecule has 0 bridgehead atoms. The largest absolute Gasteiger partial charge is 0.355 e. The van der Waals surface area contributed by atoms with Gasteiger partial charge in [0.15, 0.2) is 6.29 Å². The lowest BCUT2D eigenvalue weighted by Gasteiger charge is -2.40. The lowest BCUT2D eigenvalue weighted by Crippen LogP contribution is -2.52. The molecule has 1 aliphatic rings. The Balaban J connectivity index is 2.36. The van der Waals surface area contributed by atoms with E-state index in [-0.39, 0.29) is 6.29 Å². The van der Waals surface area contributed by atoms with Crippen LogP contribution in [0.1, 0.15) is 20.3 Å². The lowest BCUT2D eigenvalue weighted by atomic mass is 9.90. The maximum atomic E-state index is 5.18. The molecule has 1 N–H and O–H groups in total. The Bertz CT molecular complexity index is 197. The SMILES string of the molecule is COC(CNC1CC(C)N(C)CC1C)OC. The number of nitrogens with one attached hydrogen (secondary N) is 1. The molecule has 4 nitrogen and oxygen atoms in total. The van der Waals surface area contributed by atoms with Gasteiger partial charge >= 0.3 is 0 Å². The van der Waals surface area contributed by atoms with Crippen molar-refractivity contribution in [1.82, 2.24) is 10.2 Å². The van der Waals surface area contributed by atoms with E-state index in [4.69, 9.17) is 9.47 Å². The van der Waals surface area contributed by atoms with E-state index in [1.807, 2.05) is 0 Å². The van der Waals surface area contributed by atoms with Crippen LogP contribution in [0.15, 0.2) is 0 Å². The summed E-state index contributed by atoms with van der Waals surface area (Å²) in [7, 11) is 5.55. The molecule has 0 aromatic heterocycles. The lowest BCUT2D eigenvalue weighted by molar-refractivity contribution is -0.101. The van der Waals surface area contributed by atoms with Crippen LogP contribution in [0.25, 0.3) is 0 Å². The van der Waals surface area contributed by atoms with Crippen molar-refractivity contribution in [3.8, 4) is 0 Å². The number of hydrogen-bond acceptors (Lipinski definition) is 4. The van der Waals surface area contributed by atoms with Gasteiger partial charge in [-0.2, -0.15) is 0 Å². The molecular formula is C12H26N2O2.